The van der Waals surface area contributed by atoms with Crippen LogP contribution in [0.3, 0.4) is 0 Å². The lowest BCUT2D eigenvalue weighted by molar-refractivity contribution is 0.0190. The fourth-order valence-electron chi connectivity index (χ4n) is 5.17. The molecule has 0 aromatic heterocycles. The highest BCUT2D eigenvalue weighted by atomic mass is 79.9. The summed E-state index contributed by atoms with van der Waals surface area (Å²) in [6, 6.07) is 11.9. The van der Waals surface area contributed by atoms with Gasteiger partial charge in [0.15, 0.2) is 0 Å². The van der Waals surface area contributed by atoms with Crippen LogP contribution in [0.15, 0.2) is 51.1 Å². The number of benzene rings is 3. The van der Waals surface area contributed by atoms with Crippen LogP contribution >= 0.6 is 23.3 Å². The molecular formula is C39H51BrO9S. The summed E-state index contributed by atoms with van der Waals surface area (Å²) in [6.07, 6.45) is -2.35. The van der Waals surface area contributed by atoms with Gasteiger partial charge in [0.05, 0.1) is 0 Å². The molecule has 0 radical (unpaired) electrons. The number of carbonyl (C=O) groups excluding carboxylic acids is 3. The molecule has 3 aromatic rings. The number of rotatable bonds is 6. The fourth-order valence-corrected chi connectivity index (χ4v) is 9.71. The average Bonchev–Trinajstić information content (AvgIpc) is 2.91. The maximum atomic E-state index is 12.6. The van der Waals surface area contributed by atoms with Gasteiger partial charge in [-0.15, -0.1) is 8.46 Å². The van der Waals surface area contributed by atoms with E-state index >= 15 is 0 Å². The number of ether oxygens (including phenoxy) is 6. The standard InChI is InChI=1S/C39H51BrO9S/c1-22-16-28(17-23(2)31(22)44-34(41)47-37(7,8)9)50(40,29-18-24(3)32(25(4)19-29)45-35(42)48-38(10,11)12)30-20-26(5)33(27(6)21-30)46-36(43)49-39(13,14)15/h16-21H,1-15H3. The zero-order valence-electron chi connectivity index (χ0n) is 31.9. The van der Waals surface area contributed by atoms with E-state index in [1.54, 1.807) is 62.3 Å². The van der Waals surface area contributed by atoms with E-state index in [1.807, 2.05) is 77.9 Å². The first-order valence-electron chi connectivity index (χ1n) is 16.3. The van der Waals surface area contributed by atoms with Crippen molar-refractivity contribution in [2.45, 2.75) is 135 Å². The topological polar surface area (TPSA) is 107 Å². The SMILES string of the molecule is Cc1cc(S(Br)(c2cc(C)c(OC(=O)OC(C)(C)C)c(C)c2)c2cc(C)c(OC(=O)OC(C)(C)C)c(C)c2)cc(C)c1OC(=O)OC(C)(C)C. The number of hydrogen-bond acceptors (Lipinski definition) is 9. The molecule has 11 heteroatoms. The Hall–Kier alpha value is -3.70. The predicted molar refractivity (Wildman–Crippen MR) is 200 cm³/mol. The molecule has 0 aliphatic carbocycles. The second kappa shape index (κ2) is 14.9. The fraction of sp³-hybridized carbons (Fsp3) is 0.462. The van der Waals surface area contributed by atoms with E-state index in [-0.39, 0.29) is 0 Å². The van der Waals surface area contributed by atoms with Crippen LogP contribution in [0.5, 0.6) is 17.2 Å². The van der Waals surface area contributed by atoms with Crippen LogP contribution in [0, 0.1) is 41.5 Å². The first-order chi connectivity index (χ1) is 22.7. The molecule has 0 fully saturated rings. The average molecular weight is 776 g/mol. The zero-order valence-corrected chi connectivity index (χ0v) is 34.3. The van der Waals surface area contributed by atoms with E-state index in [4.69, 9.17) is 28.4 Å². The molecule has 0 saturated carbocycles. The minimum Gasteiger partial charge on any atom is -0.428 e. The first-order valence-corrected chi connectivity index (χ1v) is 19.8. The van der Waals surface area contributed by atoms with Gasteiger partial charge in [0, 0.05) is 14.7 Å². The number of hydrogen-bond donors (Lipinski definition) is 0. The van der Waals surface area contributed by atoms with Crippen molar-refractivity contribution in [2.75, 3.05) is 0 Å². The summed E-state index contributed by atoms with van der Waals surface area (Å²) in [5.41, 5.74) is 2.28. The van der Waals surface area contributed by atoms with Crippen LogP contribution in [0.1, 0.15) is 95.7 Å². The van der Waals surface area contributed by atoms with Crippen molar-refractivity contribution in [1.82, 2.24) is 0 Å². The highest BCUT2D eigenvalue weighted by Crippen LogP contribution is 2.75. The van der Waals surface area contributed by atoms with Crippen molar-refractivity contribution >= 4 is 41.7 Å². The molecule has 0 aliphatic heterocycles. The monoisotopic (exact) mass is 774 g/mol. The van der Waals surface area contributed by atoms with Crippen molar-refractivity contribution in [2.24, 2.45) is 0 Å². The largest absolute Gasteiger partial charge is 0.514 e. The molecule has 0 atom stereocenters. The van der Waals surface area contributed by atoms with E-state index in [1.165, 1.54) is 0 Å². The van der Waals surface area contributed by atoms with Crippen LogP contribution < -0.4 is 14.2 Å². The Balaban J connectivity index is 2.24. The van der Waals surface area contributed by atoms with Crippen LogP contribution in [-0.4, -0.2) is 35.3 Å². The van der Waals surface area contributed by atoms with Gasteiger partial charge in [0.1, 0.15) is 34.1 Å². The van der Waals surface area contributed by atoms with Gasteiger partial charge >= 0.3 is 18.5 Å². The minimum absolute atomic E-state index is 0.416. The number of aryl methyl sites for hydroxylation is 6. The maximum Gasteiger partial charge on any atom is 0.514 e. The third kappa shape index (κ3) is 10.4. The summed E-state index contributed by atoms with van der Waals surface area (Å²) < 4.78 is 33.3. The molecule has 0 N–H and O–H groups in total. The van der Waals surface area contributed by atoms with E-state index in [0.717, 1.165) is 48.1 Å². The van der Waals surface area contributed by atoms with Gasteiger partial charge in [-0.2, -0.15) is 0 Å². The Morgan fingerprint density at radius 2 is 0.620 bits per heavy atom. The third-order valence-electron chi connectivity index (χ3n) is 7.00. The maximum absolute atomic E-state index is 12.6. The Bertz CT molecular complexity index is 1520. The second-order valence-electron chi connectivity index (χ2n) is 15.4. The Morgan fingerprint density at radius 3 is 0.780 bits per heavy atom. The molecule has 0 heterocycles. The first kappa shape index (κ1) is 40.7. The Labute approximate surface area is 305 Å². The van der Waals surface area contributed by atoms with Crippen LogP contribution in [0.25, 0.3) is 0 Å². The lowest BCUT2D eigenvalue weighted by Gasteiger charge is -2.37. The summed E-state index contributed by atoms with van der Waals surface area (Å²) in [4.78, 5) is 40.7. The van der Waals surface area contributed by atoms with E-state index in [0.29, 0.717) is 17.2 Å². The molecule has 0 bridgehead atoms. The van der Waals surface area contributed by atoms with Crippen LogP contribution in [0.4, 0.5) is 14.4 Å². The zero-order chi connectivity index (χ0) is 38.1. The van der Waals surface area contributed by atoms with Gasteiger partial charge in [-0.05, 0) is 188 Å². The van der Waals surface area contributed by atoms with Gasteiger partial charge in [0.25, 0.3) is 0 Å². The molecular weight excluding hydrogens is 724 g/mol. The number of halogens is 1. The summed E-state index contributed by atoms with van der Waals surface area (Å²) in [5, 5.41) is 0. The van der Waals surface area contributed by atoms with Crippen LogP contribution in [-0.2, 0) is 14.2 Å². The van der Waals surface area contributed by atoms with Crippen molar-refractivity contribution in [3.8, 4) is 17.2 Å². The van der Waals surface area contributed by atoms with Gasteiger partial charge < -0.3 is 28.4 Å². The van der Waals surface area contributed by atoms with E-state index < -0.39 is 43.7 Å². The molecule has 3 aromatic carbocycles. The minimum atomic E-state index is -2.23. The van der Waals surface area contributed by atoms with Gasteiger partial charge in [-0.3, -0.25) is 0 Å². The normalized spacial score (nSPS) is 12.6. The van der Waals surface area contributed by atoms with Crippen molar-refractivity contribution in [1.29, 1.82) is 0 Å². The molecule has 3 rings (SSSR count). The number of carbonyl (C=O) groups is 3. The van der Waals surface area contributed by atoms with E-state index in [2.05, 4.69) is 14.8 Å². The molecule has 0 unspecified atom stereocenters. The molecule has 9 nitrogen and oxygen atoms in total. The molecule has 0 amide bonds. The molecule has 274 valence electrons. The van der Waals surface area contributed by atoms with Crippen molar-refractivity contribution in [3.63, 3.8) is 0 Å². The molecule has 0 aliphatic rings. The van der Waals surface area contributed by atoms with Crippen molar-refractivity contribution in [3.05, 3.63) is 69.8 Å². The lowest BCUT2D eigenvalue weighted by Crippen LogP contribution is -2.26. The van der Waals surface area contributed by atoms with Gasteiger partial charge in [0.2, 0.25) is 0 Å². The molecule has 0 saturated heterocycles. The Kier molecular flexibility index (Phi) is 12.1. The highest BCUT2D eigenvalue weighted by molar-refractivity contribution is 9.58. The summed E-state index contributed by atoms with van der Waals surface area (Å²) in [6.45, 7) is 27.3. The Morgan fingerprint density at radius 1 is 0.440 bits per heavy atom. The summed E-state index contributed by atoms with van der Waals surface area (Å²) in [5.74, 6) is 1.25. The molecule has 0 spiro atoms. The van der Waals surface area contributed by atoms with Crippen LogP contribution in [0.2, 0.25) is 0 Å². The molecule has 50 heavy (non-hydrogen) atoms. The summed E-state index contributed by atoms with van der Waals surface area (Å²) in [7, 11) is -2.23. The third-order valence-corrected chi connectivity index (χ3v) is 13.0. The summed E-state index contributed by atoms with van der Waals surface area (Å²) >= 11 is 4.25. The highest BCUT2D eigenvalue weighted by Gasteiger charge is 2.33. The van der Waals surface area contributed by atoms with E-state index in [9.17, 15) is 14.4 Å². The van der Waals surface area contributed by atoms with Gasteiger partial charge in [-0.25, -0.2) is 14.4 Å². The van der Waals surface area contributed by atoms with Gasteiger partial charge in [-0.1, -0.05) is 0 Å². The second-order valence-corrected chi connectivity index (χ2v) is 20.8. The quantitative estimate of drug-likeness (QED) is 0.137. The lowest BCUT2D eigenvalue weighted by atomic mass is 10.1. The predicted octanol–water partition coefficient (Wildman–Crippen LogP) is 12.1. The van der Waals surface area contributed by atoms with Crippen molar-refractivity contribution < 1.29 is 42.8 Å². The smallest absolute Gasteiger partial charge is 0.428 e.